The van der Waals surface area contributed by atoms with Crippen molar-refractivity contribution in [3.8, 4) is 11.8 Å². The van der Waals surface area contributed by atoms with Gasteiger partial charge in [-0.15, -0.1) is 0 Å². The Morgan fingerprint density at radius 2 is 1.59 bits per heavy atom. The number of nitrogens with zero attached hydrogens (tertiary/aromatic N) is 1. The monoisotopic (exact) mass is 402 g/mol. The van der Waals surface area contributed by atoms with E-state index in [4.69, 9.17) is 16.3 Å². The van der Waals surface area contributed by atoms with Gasteiger partial charge in [0.05, 0.1) is 5.56 Å². The number of rotatable bonds is 5. The molecule has 29 heavy (non-hydrogen) atoms. The first-order valence-electron chi connectivity index (χ1n) is 8.62. The molecule has 0 heterocycles. The zero-order chi connectivity index (χ0) is 20.6. The molecule has 3 aromatic rings. The van der Waals surface area contributed by atoms with Gasteiger partial charge in [0, 0.05) is 16.3 Å². The van der Waals surface area contributed by atoms with Crippen LogP contribution in [0.5, 0.6) is 5.75 Å². The second-order valence-electron chi connectivity index (χ2n) is 5.92. The van der Waals surface area contributed by atoms with Gasteiger partial charge in [-0.05, 0) is 48.5 Å². The first-order chi connectivity index (χ1) is 14.1. The minimum absolute atomic E-state index is 0.121. The van der Waals surface area contributed by atoms with E-state index in [1.54, 1.807) is 72.8 Å². The first-order valence-corrected chi connectivity index (χ1v) is 8.99. The molecular formula is C23H15ClN2O3. The van der Waals surface area contributed by atoms with Gasteiger partial charge in [0.1, 0.15) is 17.4 Å². The van der Waals surface area contributed by atoms with Crippen LogP contribution in [-0.4, -0.2) is 11.9 Å². The van der Waals surface area contributed by atoms with Gasteiger partial charge < -0.3 is 10.1 Å². The van der Waals surface area contributed by atoms with E-state index in [2.05, 4.69) is 5.32 Å². The Morgan fingerprint density at radius 1 is 0.931 bits per heavy atom. The highest BCUT2D eigenvalue weighted by atomic mass is 35.5. The Balaban J connectivity index is 1.83. The number of ether oxygens (including phenoxy) is 1. The number of halogens is 1. The van der Waals surface area contributed by atoms with Crippen molar-refractivity contribution < 1.29 is 14.3 Å². The smallest absolute Gasteiger partial charge is 0.343 e. The number of amides is 1. The zero-order valence-corrected chi connectivity index (χ0v) is 15.9. The van der Waals surface area contributed by atoms with E-state index in [-0.39, 0.29) is 11.3 Å². The minimum atomic E-state index is -0.574. The molecule has 5 nitrogen and oxygen atoms in total. The topological polar surface area (TPSA) is 79.2 Å². The van der Waals surface area contributed by atoms with Gasteiger partial charge in [-0.2, -0.15) is 5.26 Å². The van der Waals surface area contributed by atoms with Gasteiger partial charge in [0.2, 0.25) is 0 Å². The van der Waals surface area contributed by atoms with Crippen LogP contribution in [0.4, 0.5) is 5.69 Å². The van der Waals surface area contributed by atoms with Crippen molar-refractivity contribution in [2.75, 3.05) is 5.32 Å². The lowest BCUT2D eigenvalue weighted by atomic mass is 10.1. The number of carbonyl (C=O) groups excluding carboxylic acids is 2. The van der Waals surface area contributed by atoms with Crippen LogP contribution in [0, 0.1) is 11.3 Å². The summed E-state index contributed by atoms with van der Waals surface area (Å²) in [5.41, 5.74) is 1.20. The van der Waals surface area contributed by atoms with Crippen molar-refractivity contribution in [3.05, 3.63) is 101 Å². The summed E-state index contributed by atoms with van der Waals surface area (Å²) in [7, 11) is 0. The second kappa shape index (κ2) is 9.36. The first kappa shape index (κ1) is 19.9. The third-order valence-electron chi connectivity index (χ3n) is 3.90. The molecule has 0 aliphatic rings. The molecule has 0 saturated heterocycles. The molecule has 0 radical (unpaired) electrons. The summed E-state index contributed by atoms with van der Waals surface area (Å²) in [5, 5.41) is 12.6. The van der Waals surface area contributed by atoms with E-state index < -0.39 is 11.9 Å². The lowest BCUT2D eigenvalue weighted by Gasteiger charge is -2.08. The fraction of sp³-hybridized carbons (Fsp3) is 0. The van der Waals surface area contributed by atoms with Crippen LogP contribution in [0.2, 0.25) is 5.02 Å². The molecule has 0 aromatic heterocycles. The predicted molar refractivity (Wildman–Crippen MR) is 112 cm³/mol. The lowest BCUT2D eigenvalue weighted by Crippen LogP contribution is -2.13. The normalized spacial score (nSPS) is 10.7. The highest BCUT2D eigenvalue weighted by Gasteiger charge is 2.14. The van der Waals surface area contributed by atoms with Crippen molar-refractivity contribution >= 4 is 35.2 Å². The van der Waals surface area contributed by atoms with Crippen molar-refractivity contribution in [2.24, 2.45) is 0 Å². The summed E-state index contributed by atoms with van der Waals surface area (Å²) in [5.74, 6) is -0.903. The lowest BCUT2D eigenvalue weighted by molar-refractivity contribution is -0.112. The van der Waals surface area contributed by atoms with Gasteiger partial charge >= 0.3 is 5.97 Å². The van der Waals surface area contributed by atoms with E-state index in [0.29, 0.717) is 21.8 Å². The quantitative estimate of drug-likeness (QED) is 0.278. The maximum atomic E-state index is 12.4. The molecule has 0 saturated carbocycles. The number of hydrogen-bond acceptors (Lipinski definition) is 4. The number of esters is 1. The number of para-hydroxylation sites is 2. The van der Waals surface area contributed by atoms with Crippen LogP contribution in [0.25, 0.3) is 6.08 Å². The number of carbonyl (C=O) groups is 2. The van der Waals surface area contributed by atoms with Crippen LogP contribution in [0.3, 0.4) is 0 Å². The average Bonchev–Trinajstić information content (AvgIpc) is 2.74. The van der Waals surface area contributed by atoms with E-state index in [1.807, 2.05) is 12.1 Å². The predicted octanol–water partition coefficient (Wildman–Crippen LogP) is 5.10. The Bertz CT molecular complexity index is 1100. The Morgan fingerprint density at radius 3 is 2.28 bits per heavy atom. The maximum absolute atomic E-state index is 12.4. The summed E-state index contributed by atoms with van der Waals surface area (Å²) in [6.45, 7) is 0. The van der Waals surface area contributed by atoms with E-state index in [0.717, 1.165) is 0 Å². The highest BCUT2D eigenvalue weighted by molar-refractivity contribution is 6.30. The molecule has 0 aliphatic heterocycles. The fourth-order valence-electron chi connectivity index (χ4n) is 2.46. The molecule has 0 bridgehead atoms. The summed E-state index contributed by atoms with van der Waals surface area (Å²) >= 11 is 5.83. The summed E-state index contributed by atoms with van der Waals surface area (Å²) in [6, 6.07) is 23.6. The molecule has 0 fully saturated rings. The minimum Gasteiger partial charge on any atom is -0.422 e. The SMILES string of the molecule is N#C/C(=C\c1ccccc1OC(=O)c1ccc(Cl)cc1)C(=O)Nc1ccccc1. The molecule has 3 aromatic carbocycles. The third kappa shape index (κ3) is 5.32. The number of benzene rings is 3. The number of nitriles is 1. The van der Waals surface area contributed by atoms with Gasteiger partial charge in [-0.25, -0.2) is 4.79 Å². The molecule has 3 rings (SSSR count). The third-order valence-corrected chi connectivity index (χ3v) is 4.15. The molecule has 0 unspecified atom stereocenters. The summed E-state index contributed by atoms with van der Waals surface area (Å²) in [6.07, 6.45) is 1.38. The largest absolute Gasteiger partial charge is 0.422 e. The summed E-state index contributed by atoms with van der Waals surface area (Å²) < 4.78 is 5.45. The van der Waals surface area contributed by atoms with Gasteiger partial charge in [-0.1, -0.05) is 48.0 Å². The molecule has 6 heteroatoms. The molecule has 1 N–H and O–H groups in total. The van der Waals surface area contributed by atoms with Crippen LogP contribution < -0.4 is 10.1 Å². The van der Waals surface area contributed by atoms with Crippen molar-refractivity contribution in [3.63, 3.8) is 0 Å². The Hall–Kier alpha value is -3.88. The highest BCUT2D eigenvalue weighted by Crippen LogP contribution is 2.23. The number of anilines is 1. The standard InChI is InChI=1S/C23H15ClN2O3/c24-19-12-10-16(11-13-19)23(28)29-21-9-5-4-6-17(21)14-18(15-25)22(27)26-20-7-2-1-3-8-20/h1-14H,(H,26,27)/b18-14+. The van der Waals surface area contributed by atoms with Gasteiger partial charge in [-0.3, -0.25) is 4.79 Å². The molecular weight excluding hydrogens is 388 g/mol. The van der Waals surface area contributed by atoms with E-state index in [1.165, 1.54) is 6.08 Å². The van der Waals surface area contributed by atoms with Gasteiger partial charge in [0.15, 0.2) is 0 Å². The maximum Gasteiger partial charge on any atom is 0.343 e. The molecule has 1 amide bonds. The van der Waals surface area contributed by atoms with Crippen LogP contribution in [-0.2, 0) is 4.79 Å². The van der Waals surface area contributed by atoms with Crippen LogP contribution in [0.1, 0.15) is 15.9 Å². The number of nitrogens with one attached hydrogen (secondary N) is 1. The Labute approximate surface area is 172 Å². The molecule has 0 atom stereocenters. The fourth-order valence-corrected chi connectivity index (χ4v) is 2.59. The molecule has 0 spiro atoms. The van der Waals surface area contributed by atoms with Crippen molar-refractivity contribution in [1.82, 2.24) is 0 Å². The van der Waals surface area contributed by atoms with Crippen LogP contribution >= 0.6 is 11.6 Å². The van der Waals surface area contributed by atoms with E-state index in [9.17, 15) is 14.9 Å². The van der Waals surface area contributed by atoms with Crippen LogP contribution in [0.15, 0.2) is 84.4 Å². The summed E-state index contributed by atoms with van der Waals surface area (Å²) in [4.78, 5) is 24.8. The average molecular weight is 403 g/mol. The van der Waals surface area contributed by atoms with Gasteiger partial charge in [0.25, 0.3) is 5.91 Å². The molecule has 0 aliphatic carbocycles. The van der Waals surface area contributed by atoms with E-state index >= 15 is 0 Å². The molecule has 142 valence electrons. The number of hydrogen-bond donors (Lipinski definition) is 1. The van der Waals surface area contributed by atoms with Crippen molar-refractivity contribution in [1.29, 1.82) is 5.26 Å². The van der Waals surface area contributed by atoms with Crippen molar-refractivity contribution in [2.45, 2.75) is 0 Å². The second-order valence-corrected chi connectivity index (χ2v) is 6.36. The Kier molecular flexibility index (Phi) is 6.41. The zero-order valence-electron chi connectivity index (χ0n) is 15.1.